The minimum atomic E-state index is -0.748. The number of aliphatic carboxylic acids is 1. The van der Waals surface area contributed by atoms with Crippen molar-refractivity contribution < 1.29 is 9.90 Å². The minimum Gasteiger partial charge on any atom is -0.481 e. The summed E-state index contributed by atoms with van der Waals surface area (Å²) in [7, 11) is 0. The molecule has 0 fully saturated rings. The van der Waals surface area contributed by atoms with E-state index < -0.39 is 5.97 Å². The Morgan fingerprint density at radius 1 is 1.56 bits per heavy atom. The molecule has 0 radical (unpaired) electrons. The van der Waals surface area contributed by atoms with Gasteiger partial charge in [0.15, 0.2) is 0 Å². The molecule has 0 atom stereocenters. The standard InChI is InChI=1S/C11H12N2O2S/c14-11(15)3-1-2-10-13-9(7-16-10)8-4-5-12-6-8/h4-7,12H,1-3H2,(H,14,15). The molecular formula is C11H12N2O2S. The first-order chi connectivity index (χ1) is 7.75. The number of aryl methyl sites for hydroxylation is 1. The van der Waals surface area contributed by atoms with Crippen LogP contribution in [-0.2, 0) is 11.2 Å². The zero-order valence-corrected chi connectivity index (χ0v) is 9.46. The van der Waals surface area contributed by atoms with Crippen LogP contribution in [-0.4, -0.2) is 21.0 Å². The molecule has 2 rings (SSSR count). The molecule has 0 spiro atoms. The number of hydrogen-bond donors (Lipinski definition) is 2. The smallest absolute Gasteiger partial charge is 0.303 e. The van der Waals surface area contributed by atoms with E-state index in [0.29, 0.717) is 6.42 Å². The van der Waals surface area contributed by atoms with E-state index in [0.717, 1.165) is 22.7 Å². The Kier molecular flexibility index (Phi) is 3.36. The van der Waals surface area contributed by atoms with Crippen molar-refractivity contribution in [3.05, 3.63) is 28.8 Å². The second kappa shape index (κ2) is 4.94. The molecule has 2 aromatic heterocycles. The average Bonchev–Trinajstić information content (AvgIpc) is 2.85. The van der Waals surface area contributed by atoms with Crippen LogP contribution in [0, 0.1) is 0 Å². The van der Waals surface area contributed by atoms with Crippen molar-refractivity contribution in [1.82, 2.24) is 9.97 Å². The first-order valence-corrected chi connectivity index (χ1v) is 5.93. The second-order valence-electron chi connectivity index (χ2n) is 3.47. The van der Waals surface area contributed by atoms with Crippen molar-refractivity contribution in [2.75, 3.05) is 0 Å². The molecule has 2 N–H and O–H groups in total. The van der Waals surface area contributed by atoms with Gasteiger partial charge in [0.2, 0.25) is 0 Å². The fraction of sp³-hybridized carbons (Fsp3) is 0.273. The average molecular weight is 236 g/mol. The van der Waals surface area contributed by atoms with Crippen molar-refractivity contribution in [3.8, 4) is 11.3 Å². The molecule has 0 aliphatic rings. The van der Waals surface area contributed by atoms with Gasteiger partial charge in [-0.05, 0) is 18.9 Å². The predicted molar refractivity (Wildman–Crippen MR) is 62.5 cm³/mol. The quantitative estimate of drug-likeness (QED) is 0.838. The first-order valence-electron chi connectivity index (χ1n) is 5.05. The lowest BCUT2D eigenvalue weighted by Gasteiger charge is -1.93. The second-order valence-corrected chi connectivity index (χ2v) is 4.42. The molecule has 0 bridgehead atoms. The maximum absolute atomic E-state index is 10.4. The van der Waals surface area contributed by atoms with Crippen LogP contribution in [0.4, 0.5) is 0 Å². The Morgan fingerprint density at radius 2 is 2.44 bits per heavy atom. The minimum absolute atomic E-state index is 0.207. The Bertz CT molecular complexity index is 462. The van der Waals surface area contributed by atoms with Gasteiger partial charge in [-0.25, -0.2) is 4.98 Å². The molecule has 0 aliphatic carbocycles. The number of H-pyrrole nitrogens is 1. The molecule has 16 heavy (non-hydrogen) atoms. The summed E-state index contributed by atoms with van der Waals surface area (Å²) in [6.07, 6.45) is 5.35. The third-order valence-corrected chi connectivity index (χ3v) is 3.14. The molecule has 0 amide bonds. The Labute approximate surface area is 97.0 Å². The van der Waals surface area contributed by atoms with Crippen LogP contribution in [0.5, 0.6) is 0 Å². The summed E-state index contributed by atoms with van der Waals surface area (Å²) in [5, 5.41) is 11.5. The number of hydrogen-bond acceptors (Lipinski definition) is 3. The number of nitrogens with one attached hydrogen (secondary N) is 1. The summed E-state index contributed by atoms with van der Waals surface area (Å²) in [4.78, 5) is 17.8. The van der Waals surface area contributed by atoms with Gasteiger partial charge in [0.1, 0.15) is 0 Å². The molecule has 5 heteroatoms. The van der Waals surface area contributed by atoms with Crippen molar-refractivity contribution in [1.29, 1.82) is 0 Å². The van der Waals surface area contributed by atoms with E-state index in [1.165, 1.54) is 0 Å². The molecule has 2 aromatic rings. The number of carbonyl (C=O) groups is 1. The van der Waals surface area contributed by atoms with Gasteiger partial charge in [-0.15, -0.1) is 11.3 Å². The van der Waals surface area contributed by atoms with Gasteiger partial charge in [0.25, 0.3) is 0 Å². The molecule has 0 aliphatic heterocycles. The summed E-state index contributed by atoms with van der Waals surface area (Å²) in [5.74, 6) is -0.748. The third-order valence-electron chi connectivity index (χ3n) is 2.23. The molecule has 0 aromatic carbocycles. The summed E-state index contributed by atoms with van der Waals surface area (Å²) in [6.45, 7) is 0. The Morgan fingerprint density at radius 3 is 3.12 bits per heavy atom. The summed E-state index contributed by atoms with van der Waals surface area (Å²) < 4.78 is 0. The van der Waals surface area contributed by atoms with Crippen LogP contribution in [0.3, 0.4) is 0 Å². The number of rotatable bonds is 5. The highest BCUT2D eigenvalue weighted by Gasteiger charge is 2.05. The molecule has 0 unspecified atom stereocenters. The van der Waals surface area contributed by atoms with E-state index in [1.54, 1.807) is 11.3 Å². The number of aromatic nitrogens is 2. The number of carboxylic acids is 1. The van der Waals surface area contributed by atoms with Gasteiger partial charge in [-0.1, -0.05) is 0 Å². The maximum atomic E-state index is 10.4. The summed E-state index contributed by atoms with van der Waals surface area (Å²) in [6, 6.07) is 1.97. The van der Waals surface area contributed by atoms with Gasteiger partial charge < -0.3 is 10.1 Å². The lowest BCUT2D eigenvalue weighted by molar-refractivity contribution is -0.137. The number of aromatic amines is 1. The first kappa shape index (κ1) is 10.9. The lowest BCUT2D eigenvalue weighted by atomic mass is 10.2. The van der Waals surface area contributed by atoms with E-state index in [1.807, 2.05) is 23.8 Å². The highest BCUT2D eigenvalue weighted by atomic mass is 32.1. The highest BCUT2D eigenvalue weighted by Crippen LogP contribution is 2.22. The van der Waals surface area contributed by atoms with Gasteiger partial charge in [-0.2, -0.15) is 0 Å². The molecule has 2 heterocycles. The highest BCUT2D eigenvalue weighted by molar-refractivity contribution is 7.09. The van der Waals surface area contributed by atoms with Crippen LogP contribution in [0.2, 0.25) is 0 Å². The number of thiazole rings is 1. The SMILES string of the molecule is O=C(O)CCCc1nc(-c2cc[nH]c2)cs1. The molecule has 0 saturated carbocycles. The van der Waals surface area contributed by atoms with Crippen molar-refractivity contribution in [3.63, 3.8) is 0 Å². The summed E-state index contributed by atoms with van der Waals surface area (Å²) >= 11 is 1.58. The number of nitrogens with zero attached hydrogens (tertiary/aromatic N) is 1. The van der Waals surface area contributed by atoms with Crippen molar-refractivity contribution in [2.45, 2.75) is 19.3 Å². The van der Waals surface area contributed by atoms with E-state index in [2.05, 4.69) is 9.97 Å². The monoisotopic (exact) mass is 236 g/mol. The van der Waals surface area contributed by atoms with Crippen LogP contribution in [0.25, 0.3) is 11.3 Å². The van der Waals surface area contributed by atoms with Crippen LogP contribution in [0.15, 0.2) is 23.8 Å². The third kappa shape index (κ3) is 2.70. The van der Waals surface area contributed by atoms with Crippen molar-refractivity contribution >= 4 is 17.3 Å². The van der Waals surface area contributed by atoms with Gasteiger partial charge in [0.05, 0.1) is 10.7 Å². The zero-order valence-electron chi connectivity index (χ0n) is 8.64. The van der Waals surface area contributed by atoms with Gasteiger partial charge in [-0.3, -0.25) is 4.79 Å². The Balaban J connectivity index is 1.95. The fourth-order valence-corrected chi connectivity index (χ4v) is 2.28. The maximum Gasteiger partial charge on any atom is 0.303 e. The van der Waals surface area contributed by atoms with Gasteiger partial charge in [0, 0.05) is 29.8 Å². The number of carboxylic acid groups (broad SMARTS) is 1. The summed E-state index contributed by atoms with van der Waals surface area (Å²) in [5.41, 5.74) is 2.03. The van der Waals surface area contributed by atoms with E-state index in [9.17, 15) is 4.79 Å². The zero-order chi connectivity index (χ0) is 11.4. The van der Waals surface area contributed by atoms with Crippen LogP contribution >= 0.6 is 11.3 Å². The molecular weight excluding hydrogens is 224 g/mol. The van der Waals surface area contributed by atoms with E-state index in [4.69, 9.17) is 5.11 Å². The molecule has 0 saturated heterocycles. The van der Waals surface area contributed by atoms with E-state index in [-0.39, 0.29) is 6.42 Å². The van der Waals surface area contributed by atoms with Gasteiger partial charge >= 0.3 is 5.97 Å². The fourth-order valence-electron chi connectivity index (χ4n) is 1.43. The van der Waals surface area contributed by atoms with Crippen molar-refractivity contribution in [2.24, 2.45) is 0 Å². The molecule has 4 nitrogen and oxygen atoms in total. The topological polar surface area (TPSA) is 66.0 Å². The largest absolute Gasteiger partial charge is 0.481 e. The Hall–Kier alpha value is -1.62. The molecule has 84 valence electrons. The lowest BCUT2D eigenvalue weighted by Crippen LogP contribution is -1.95. The van der Waals surface area contributed by atoms with Crippen LogP contribution in [0.1, 0.15) is 17.8 Å². The predicted octanol–water partition coefficient (Wildman–Crippen LogP) is 2.55. The van der Waals surface area contributed by atoms with E-state index >= 15 is 0 Å². The normalized spacial score (nSPS) is 10.5. The van der Waals surface area contributed by atoms with Crippen LogP contribution < -0.4 is 0 Å².